The van der Waals surface area contributed by atoms with Gasteiger partial charge in [0.2, 0.25) is 0 Å². The number of benzene rings is 1. The molecule has 2 N–H and O–H groups in total. The summed E-state index contributed by atoms with van der Waals surface area (Å²) < 4.78 is 0. The number of anilines is 1. The van der Waals surface area contributed by atoms with E-state index in [0.29, 0.717) is 6.54 Å². The topological polar surface area (TPSA) is 68.3 Å². The highest BCUT2D eigenvalue weighted by atomic mass is 16.3. The molecule has 0 amide bonds. The quantitative estimate of drug-likeness (QED) is 0.728. The maximum Gasteiger partial charge on any atom is 0.133 e. The molecular weight excluding hydrogens is 338 g/mol. The van der Waals surface area contributed by atoms with Gasteiger partial charge >= 0.3 is 0 Å². The molecule has 142 valence electrons. The summed E-state index contributed by atoms with van der Waals surface area (Å²) in [6.07, 6.45) is 5.23. The van der Waals surface area contributed by atoms with Crippen molar-refractivity contribution >= 4 is 16.7 Å². The first kappa shape index (κ1) is 17.9. The number of nitrogens with one attached hydrogen (secondary N) is 1. The number of pyridine rings is 1. The standard InChI is InChI=1S/C21H27N5O/c1-15-5-6-19-16(10-15)11-17(12-25(2)14-20-22-7-8-23-20)21(24-19)26-9-3-4-18(27)13-26/h5-8,10-11,18,27H,3-4,9,12-14H2,1-2H3,(H,22,23)/t18-/m0/s1. The summed E-state index contributed by atoms with van der Waals surface area (Å²) in [4.78, 5) is 17.0. The van der Waals surface area contributed by atoms with Crippen LogP contribution in [0.15, 0.2) is 36.7 Å². The minimum atomic E-state index is -0.275. The van der Waals surface area contributed by atoms with Crippen molar-refractivity contribution in [2.45, 2.75) is 39.0 Å². The van der Waals surface area contributed by atoms with Gasteiger partial charge in [0.1, 0.15) is 11.6 Å². The van der Waals surface area contributed by atoms with E-state index in [0.717, 1.165) is 55.0 Å². The fourth-order valence-electron chi connectivity index (χ4n) is 3.85. The second-order valence-electron chi connectivity index (χ2n) is 7.62. The molecule has 1 atom stereocenters. The first-order chi connectivity index (χ1) is 13.1. The van der Waals surface area contributed by atoms with Crippen molar-refractivity contribution in [1.29, 1.82) is 0 Å². The zero-order valence-corrected chi connectivity index (χ0v) is 16.0. The summed E-state index contributed by atoms with van der Waals surface area (Å²) in [6, 6.07) is 8.63. The van der Waals surface area contributed by atoms with Crippen molar-refractivity contribution in [2.75, 3.05) is 25.0 Å². The lowest BCUT2D eigenvalue weighted by atomic mass is 10.1. The zero-order valence-electron chi connectivity index (χ0n) is 16.0. The van der Waals surface area contributed by atoms with Gasteiger partial charge in [-0.15, -0.1) is 0 Å². The van der Waals surface area contributed by atoms with Gasteiger partial charge in [-0.25, -0.2) is 9.97 Å². The van der Waals surface area contributed by atoms with Crippen LogP contribution < -0.4 is 4.90 Å². The number of fused-ring (bicyclic) bond motifs is 1. The molecule has 1 fully saturated rings. The number of β-amino-alcohol motifs (C(OH)–C–C–N with tert-alkyl or cyclic N) is 1. The van der Waals surface area contributed by atoms with Crippen molar-refractivity contribution in [1.82, 2.24) is 19.9 Å². The van der Waals surface area contributed by atoms with Gasteiger partial charge in [-0.05, 0) is 45.0 Å². The number of piperidine rings is 1. The molecule has 3 heterocycles. The first-order valence-corrected chi connectivity index (χ1v) is 9.58. The normalized spacial score (nSPS) is 17.8. The lowest BCUT2D eigenvalue weighted by molar-refractivity contribution is 0.153. The van der Waals surface area contributed by atoms with Gasteiger partial charge in [0.05, 0.1) is 18.2 Å². The predicted octanol–water partition coefficient (Wildman–Crippen LogP) is 2.86. The maximum absolute atomic E-state index is 10.1. The van der Waals surface area contributed by atoms with Crippen molar-refractivity contribution < 1.29 is 5.11 Å². The van der Waals surface area contributed by atoms with Crippen LogP contribution in [0.1, 0.15) is 29.8 Å². The molecule has 0 saturated carbocycles. The molecule has 1 aliphatic heterocycles. The Kier molecular flexibility index (Phi) is 5.09. The lowest BCUT2D eigenvalue weighted by Crippen LogP contribution is -2.39. The number of aryl methyl sites for hydroxylation is 1. The van der Waals surface area contributed by atoms with Crippen LogP contribution in [-0.2, 0) is 13.1 Å². The number of rotatable bonds is 5. The molecule has 27 heavy (non-hydrogen) atoms. The number of aliphatic hydroxyl groups excluding tert-OH is 1. The molecule has 2 aromatic heterocycles. The number of aliphatic hydroxyl groups is 1. The Morgan fingerprint density at radius 1 is 1.30 bits per heavy atom. The Labute approximate surface area is 159 Å². The average molecular weight is 365 g/mol. The van der Waals surface area contributed by atoms with E-state index >= 15 is 0 Å². The van der Waals surface area contributed by atoms with Crippen molar-refractivity contribution in [3.05, 3.63) is 53.6 Å². The average Bonchev–Trinajstić information content (AvgIpc) is 3.14. The zero-order chi connectivity index (χ0) is 18.8. The van der Waals surface area contributed by atoms with Gasteiger partial charge in [0.15, 0.2) is 0 Å². The van der Waals surface area contributed by atoms with Crippen LogP contribution in [0.25, 0.3) is 10.9 Å². The van der Waals surface area contributed by atoms with Crippen molar-refractivity contribution in [3.63, 3.8) is 0 Å². The van der Waals surface area contributed by atoms with Gasteiger partial charge in [0.25, 0.3) is 0 Å². The highest BCUT2D eigenvalue weighted by molar-refractivity contribution is 5.82. The minimum Gasteiger partial charge on any atom is -0.391 e. The van der Waals surface area contributed by atoms with E-state index in [1.807, 2.05) is 6.20 Å². The molecule has 3 aromatic rings. The van der Waals surface area contributed by atoms with E-state index < -0.39 is 0 Å². The number of aromatic amines is 1. The van der Waals surface area contributed by atoms with E-state index in [4.69, 9.17) is 4.98 Å². The molecule has 0 aliphatic carbocycles. The number of hydrogen-bond donors (Lipinski definition) is 2. The highest BCUT2D eigenvalue weighted by Gasteiger charge is 2.22. The van der Waals surface area contributed by atoms with Crippen LogP contribution >= 0.6 is 0 Å². The maximum atomic E-state index is 10.1. The van der Waals surface area contributed by atoms with E-state index in [1.54, 1.807) is 6.20 Å². The Morgan fingerprint density at radius 3 is 2.96 bits per heavy atom. The number of imidazole rings is 1. The first-order valence-electron chi connectivity index (χ1n) is 9.58. The van der Waals surface area contributed by atoms with Crippen LogP contribution in [-0.4, -0.2) is 51.2 Å². The largest absolute Gasteiger partial charge is 0.391 e. The van der Waals surface area contributed by atoms with Gasteiger partial charge < -0.3 is 15.0 Å². The molecule has 1 aromatic carbocycles. The number of nitrogens with zero attached hydrogens (tertiary/aromatic N) is 4. The van der Waals surface area contributed by atoms with Crippen LogP contribution in [0, 0.1) is 6.92 Å². The lowest BCUT2D eigenvalue weighted by Gasteiger charge is -2.33. The smallest absolute Gasteiger partial charge is 0.133 e. The highest BCUT2D eigenvalue weighted by Crippen LogP contribution is 2.28. The third-order valence-electron chi connectivity index (χ3n) is 5.14. The summed E-state index contributed by atoms with van der Waals surface area (Å²) in [5, 5.41) is 11.3. The molecule has 0 spiro atoms. The second-order valence-corrected chi connectivity index (χ2v) is 7.62. The van der Waals surface area contributed by atoms with Crippen LogP contribution in [0.3, 0.4) is 0 Å². The molecule has 0 unspecified atom stereocenters. The van der Waals surface area contributed by atoms with Crippen molar-refractivity contribution in [2.24, 2.45) is 0 Å². The fourth-order valence-corrected chi connectivity index (χ4v) is 3.85. The summed E-state index contributed by atoms with van der Waals surface area (Å²) in [7, 11) is 2.10. The van der Waals surface area contributed by atoms with E-state index in [2.05, 4.69) is 58.0 Å². The van der Waals surface area contributed by atoms with Gasteiger partial charge in [-0.1, -0.05) is 11.6 Å². The molecule has 0 bridgehead atoms. The third-order valence-corrected chi connectivity index (χ3v) is 5.14. The SMILES string of the molecule is Cc1ccc2nc(N3CCC[C@H](O)C3)c(CN(C)Cc3ncc[nH]3)cc2c1. The Bertz CT molecular complexity index is 908. The number of hydrogen-bond acceptors (Lipinski definition) is 5. The van der Waals surface area contributed by atoms with Gasteiger partial charge in [0, 0.05) is 43.0 Å². The van der Waals surface area contributed by atoms with Gasteiger partial charge in [-0.3, -0.25) is 4.90 Å². The molecular formula is C21H27N5O. The Hall–Kier alpha value is -2.44. The molecule has 1 saturated heterocycles. The Morgan fingerprint density at radius 2 is 2.19 bits per heavy atom. The van der Waals surface area contributed by atoms with Crippen LogP contribution in [0.5, 0.6) is 0 Å². The summed E-state index contributed by atoms with van der Waals surface area (Å²) in [6.45, 7) is 5.23. The number of aromatic nitrogens is 3. The Balaban J connectivity index is 1.67. The van der Waals surface area contributed by atoms with E-state index in [-0.39, 0.29) is 6.10 Å². The number of H-pyrrole nitrogens is 1. The monoisotopic (exact) mass is 365 g/mol. The van der Waals surface area contributed by atoms with E-state index in [9.17, 15) is 5.11 Å². The van der Waals surface area contributed by atoms with Crippen LogP contribution in [0.4, 0.5) is 5.82 Å². The summed E-state index contributed by atoms with van der Waals surface area (Å²) in [5.41, 5.74) is 3.43. The molecule has 1 aliphatic rings. The van der Waals surface area contributed by atoms with Gasteiger partial charge in [-0.2, -0.15) is 0 Å². The minimum absolute atomic E-state index is 0.275. The van der Waals surface area contributed by atoms with E-state index in [1.165, 1.54) is 11.1 Å². The molecule has 6 nitrogen and oxygen atoms in total. The van der Waals surface area contributed by atoms with Crippen molar-refractivity contribution in [3.8, 4) is 0 Å². The fraction of sp³-hybridized carbons (Fsp3) is 0.429. The third kappa shape index (κ3) is 4.12. The molecule has 4 rings (SSSR count). The summed E-state index contributed by atoms with van der Waals surface area (Å²) in [5.74, 6) is 1.95. The summed E-state index contributed by atoms with van der Waals surface area (Å²) >= 11 is 0. The predicted molar refractivity (Wildman–Crippen MR) is 108 cm³/mol. The molecule has 6 heteroatoms. The second kappa shape index (κ2) is 7.66. The van der Waals surface area contributed by atoms with Crippen LogP contribution in [0.2, 0.25) is 0 Å². The molecule has 0 radical (unpaired) electrons.